The Hall–Kier alpha value is -2.34. The van der Waals surface area contributed by atoms with Crippen LogP contribution in [0.5, 0.6) is 0 Å². The number of benzene rings is 1. The van der Waals surface area contributed by atoms with Gasteiger partial charge in [0.1, 0.15) is 0 Å². The van der Waals surface area contributed by atoms with E-state index in [1.807, 2.05) is 6.92 Å². The highest BCUT2D eigenvalue weighted by Crippen LogP contribution is 2.18. The number of hydrogen-bond acceptors (Lipinski definition) is 4. The molecule has 1 aliphatic rings. The molecule has 2 amide bonds. The molecule has 0 aromatic heterocycles. The van der Waals surface area contributed by atoms with Crippen molar-refractivity contribution in [1.82, 2.24) is 10.2 Å². The standard InChI is InChI=1S/C15H17ClN4O2/c1-9-6-20(8-21)7-12(19-9)13(15(18)22)14(17)10-3-2-4-11(16)5-10/h2-5,8-9,17,19H,6-7H2,1H3,(H2,18,22)/b13-12+,17-14?. The number of nitrogens with one attached hydrogen (secondary N) is 2. The number of carbonyl (C=O) groups excluding carboxylic acids is 2. The van der Waals surface area contributed by atoms with Crippen molar-refractivity contribution in [3.05, 3.63) is 46.1 Å². The van der Waals surface area contributed by atoms with Crippen LogP contribution >= 0.6 is 11.6 Å². The number of hydrogen-bond donors (Lipinski definition) is 3. The van der Waals surface area contributed by atoms with Crippen molar-refractivity contribution in [2.75, 3.05) is 13.1 Å². The lowest BCUT2D eigenvalue weighted by molar-refractivity contribution is -0.119. The molecule has 7 heteroatoms. The molecule has 0 bridgehead atoms. The number of halogens is 1. The van der Waals surface area contributed by atoms with Crippen LogP contribution in [0.25, 0.3) is 0 Å². The maximum absolute atomic E-state index is 11.8. The average Bonchev–Trinajstić information content (AvgIpc) is 2.46. The Morgan fingerprint density at radius 1 is 1.55 bits per heavy atom. The number of amides is 2. The first kappa shape index (κ1) is 16.0. The first-order valence-corrected chi connectivity index (χ1v) is 7.14. The fourth-order valence-corrected chi connectivity index (χ4v) is 2.64. The molecule has 1 aromatic rings. The SMILES string of the molecule is CC1CN(C=O)C/C(=C(/C(=N)c2cccc(Cl)c2)C(N)=O)N1. The Labute approximate surface area is 133 Å². The number of rotatable bonds is 4. The van der Waals surface area contributed by atoms with Gasteiger partial charge in [-0.25, -0.2) is 0 Å². The molecule has 4 N–H and O–H groups in total. The molecule has 2 rings (SSSR count). The lowest BCUT2D eigenvalue weighted by Crippen LogP contribution is -2.48. The van der Waals surface area contributed by atoms with E-state index in [4.69, 9.17) is 22.7 Å². The van der Waals surface area contributed by atoms with Crippen molar-refractivity contribution in [3.63, 3.8) is 0 Å². The van der Waals surface area contributed by atoms with Crippen molar-refractivity contribution in [2.45, 2.75) is 13.0 Å². The summed E-state index contributed by atoms with van der Waals surface area (Å²) in [7, 11) is 0. The Bertz CT molecular complexity index is 657. The van der Waals surface area contributed by atoms with E-state index in [0.29, 0.717) is 22.8 Å². The van der Waals surface area contributed by atoms with Crippen LogP contribution in [0, 0.1) is 5.41 Å². The normalized spacial score (nSPS) is 20.1. The van der Waals surface area contributed by atoms with Crippen molar-refractivity contribution < 1.29 is 9.59 Å². The highest BCUT2D eigenvalue weighted by Gasteiger charge is 2.25. The maximum Gasteiger partial charge on any atom is 0.252 e. The van der Waals surface area contributed by atoms with Gasteiger partial charge in [-0.2, -0.15) is 0 Å². The van der Waals surface area contributed by atoms with Crippen LogP contribution in [0.4, 0.5) is 0 Å². The fourth-order valence-electron chi connectivity index (χ4n) is 2.45. The lowest BCUT2D eigenvalue weighted by Gasteiger charge is -2.33. The van der Waals surface area contributed by atoms with Gasteiger partial charge in [0.15, 0.2) is 0 Å². The minimum absolute atomic E-state index is 0.0163. The fraction of sp³-hybridized carbons (Fsp3) is 0.267. The van der Waals surface area contributed by atoms with Gasteiger partial charge in [0.05, 0.1) is 17.8 Å². The number of nitrogens with zero attached hydrogens (tertiary/aromatic N) is 1. The van der Waals surface area contributed by atoms with Crippen LogP contribution in [-0.4, -0.2) is 42.1 Å². The summed E-state index contributed by atoms with van der Waals surface area (Å²) in [5.41, 5.74) is 6.48. The first-order valence-electron chi connectivity index (χ1n) is 6.76. The first-order chi connectivity index (χ1) is 10.4. The van der Waals surface area contributed by atoms with E-state index in [0.717, 1.165) is 6.41 Å². The van der Waals surface area contributed by atoms with Gasteiger partial charge in [0, 0.05) is 28.9 Å². The zero-order chi connectivity index (χ0) is 16.3. The molecule has 1 fully saturated rings. The van der Waals surface area contributed by atoms with Crippen LogP contribution in [0.15, 0.2) is 35.5 Å². The Morgan fingerprint density at radius 2 is 2.27 bits per heavy atom. The quantitative estimate of drug-likeness (QED) is 0.436. The highest BCUT2D eigenvalue weighted by atomic mass is 35.5. The maximum atomic E-state index is 11.8. The van der Waals surface area contributed by atoms with Crippen LogP contribution in [0.2, 0.25) is 5.02 Å². The van der Waals surface area contributed by atoms with Gasteiger partial charge >= 0.3 is 0 Å². The van der Waals surface area contributed by atoms with Gasteiger partial charge in [-0.3, -0.25) is 15.0 Å². The second-order valence-corrected chi connectivity index (χ2v) is 5.62. The predicted octanol–water partition coefficient (Wildman–Crippen LogP) is 0.897. The lowest BCUT2D eigenvalue weighted by atomic mass is 9.98. The zero-order valence-corrected chi connectivity index (χ0v) is 12.9. The zero-order valence-electron chi connectivity index (χ0n) is 12.1. The molecule has 0 saturated carbocycles. The van der Waals surface area contributed by atoms with Crippen molar-refractivity contribution >= 4 is 29.6 Å². The molecule has 0 spiro atoms. The van der Waals surface area contributed by atoms with Crippen molar-refractivity contribution in [3.8, 4) is 0 Å². The molecular weight excluding hydrogens is 304 g/mol. The third-order valence-electron chi connectivity index (χ3n) is 3.35. The van der Waals surface area contributed by atoms with E-state index in [-0.39, 0.29) is 23.9 Å². The van der Waals surface area contributed by atoms with Gasteiger partial charge in [0.25, 0.3) is 5.91 Å². The van der Waals surface area contributed by atoms with E-state index in [2.05, 4.69) is 5.32 Å². The summed E-state index contributed by atoms with van der Waals surface area (Å²) in [6.07, 6.45) is 0.721. The van der Waals surface area contributed by atoms with Crippen LogP contribution < -0.4 is 11.1 Å². The minimum Gasteiger partial charge on any atom is -0.382 e. The molecule has 1 atom stereocenters. The molecule has 1 heterocycles. The van der Waals surface area contributed by atoms with Crippen LogP contribution in [0.1, 0.15) is 12.5 Å². The molecular formula is C15H17ClN4O2. The Balaban J connectivity index is 2.45. The monoisotopic (exact) mass is 320 g/mol. The third-order valence-corrected chi connectivity index (χ3v) is 3.59. The molecule has 1 saturated heterocycles. The highest BCUT2D eigenvalue weighted by molar-refractivity contribution is 6.32. The van der Waals surface area contributed by atoms with E-state index >= 15 is 0 Å². The van der Waals surface area contributed by atoms with E-state index in [9.17, 15) is 9.59 Å². The van der Waals surface area contributed by atoms with Crippen LogP contribution in [0.3, 0.4) is 0 Å². The Kier molecular flexibility index (Phi) is 4.82. The third kappa shape index (κ3) is 3.46. The molecule has 116 valence electrons. The van der Waals surface area contributed by atoms with E-state index in [1.54, 1.807) is 24.3 Å². The van der Waals surface area contributed by atoms with Gasteiger partial charge in [-0.05, 0) is 19.1 Å². The topological polar surface area (TPSA) is 99.3 Å². The van der Waals surface area contributed by atoms with Gasteiger partial charge < -0.3 is 16.0 Å². The minimum atomic E-state index is -0.715. The van der Waals surface area contributed by atoms with Gasteiger partial charge in [-0.15, -0.1) is 0 Å². The summed E-state index contributed by atoms with van der Waals surface area (Å²) in [6, 6.07) is 6.63. The van der Waals surface area contributed by atoms with E-state index in [1.165, 1.54) is 4.90 Å². The molecule has 0 aliphatic carbocycles. The summed E-state index contributed by atoms with van der Waals surface area (Å²) < 4.78 is 0. The summed E-state index contributed by atoms with van der Waals surface area (Å²) in [4.78, 5) is 24.4. The number of carbonyl (C=O) groups is 2. The van der Waals surface area contributed by atoms with Gasteiger partial charge in [0.2, 0.25) is 6.41 Å². The molecule has 0 radical (unpaired) electrons. The van der Waals surface area contributed by atoms with Crippen LogP contribution in [-0.2, 0) is 9.59 Å². The number of piperazine rings is 1. The predicted molar refractivity (Wildman–Crippen MR) is 84.7 cm³/mol. The summed E-state index contributed by atoms with van der Waals surface area (Å²) in [6.45, 7) is 2.63. The van der Waals surface area contributed by atoms with Crippen molar-refractivity contribution in [2.24, 2.45) is 5.73 Å². The van der Waals surface area contributed by atoms with Crippen molar-refractivity contribution in [1.29, 1.82) is 5.41 Å². The summed E-state index contributed by atoms with van der Waals surface area (Å²) >= 11 is 5.93. The smallest absolute Gasteiger partial charge is 0.252 e. The average molecular weight is 321 g/mol. The number of nitrogens with two attached hydrogens (primary N) is 1. The summed E-state index contributed by atoms with van der Waals surface area (Å²) in [5.74, 6) is -0.715. The van der Waals surface area contributed by atoms with Gasteiger partial charge in [-0.1, -0.05) is 23.7 Å². The molecule has 6 nitrogen and oxygen atoms in total. The summed E-state index contributed by atoms with van der Waals surface area (Å²) in [5, 5.41) is 11.9. The molecule has 1 aliphatic heterocycles. The molecule has 1 unspecified atom stereocenters. The molecule has 1 aromatic carbocycles. The second kappa shape index (κ2) is 6.62. The van der Waals surface area contributed by atoms with E-state index < -0.39 is 5.91 Å². The Morgan fingerprint density at radius 3 is 2.86 bits per heavy atom. The largest absolute Gasteiger partial charge is 0.382 e. The molecule has 22 heavy (non-hydrogen) atoms. The second-order valence-electron chi connectivity index (χ2n) is 5.18. The number of primary amides is 1.